The van der Waals surface area contributed by atoms with Crippen LogP contribution < -0.4 is 5.06 Å². The van der Waals surface area contributed by atoms with Crippen LogP contribution in [0.5, 0.6) is 0 Å². The predicted octanol–water partition coefficient (Wildman–Crippen LogP) is 4.17. The number of anilines is 1. The molecule has 0 saturated heterocycles. The first kappa shape index (κ1) is 17.5. The van der Waals surface area contributed by atoms with Crippen LogP contribution in [-0.2, 0) is 11.8 Å². The largest absolute Gasteiger partial charge is 0.394 e. The Morgan fingerprint density at radius 2 is 1.43 bits per heavy atom. The summed E-state index contributed by atoms with van der Waals surface area (Å²) >= 11 is 0. The van der Waals surface area contributed by atoms with Gasteiger partial charge < -0.3 is 5.11 Å². The summed E-state index contributed by atoms with van der Waals surface area (Å²) in [4.78, 5) is 0. The first-order valence-electron chi connectivity index (χ1n) is 8.01. The highest BCUT2D eigenvalue weighted by molar-refractivity contribution is 5.46. The maximum atomic E-state index is 10.6. The predicted molar refractivity (Wildman–Crippen MR) is 95.0 cm³/mol. The summed E-state index contributed by atoms with van der Waals surface area (Å²) in [7, 11) is 0. The molecular formula is C20H27NO2. The van der Waals surface area contributed by atoms with Gasteiger partial charge in [-0.1, -0.05) is 63.2 Å². The van der Waals surface area contributed by atoms with Gasteiger partial charge in [-0.3, -0.25) is 5.21 Å². The van der Waals surface area contributed by atoms with Crippen molar-refractivity contribution in [2.24, 2.45) is 0 Å². The lowest BCUT2D eigenvalue weighted by molar-refractivity contribution is 0.0995. The van der Waals surface area contributed by atoms with Crippen LogP contribution in [0.15, 0.2) is 54.6 Å². The van der Waals surface area contributed by atoms with Gasteiger partial charge in [0.1, 0.15) is 0 Å². The number of aliphatic hydroxyl groups excluding tert-OH is 1. The first-order chi connectivity index (χ1) is 10.8. The van der Waals surface area contributed by atoms with Crippen LogP contribution in [0.2, 0.25) is 0 Å². The smallest absolute Gasteiger partial charge is 0.0913 e. The van der Waals surface area contributed by atoms with Crippen LogP contribution >= 0.6 is 0 Å². The van der Waals surface area contributed by atoms with Gasteiger partial charge in [0.25, 0.3) is 0 Å². The number of hydrogen-bond acceptors (Lipinski definition) is 3. The summed E-state index contributed by atoms with van der Waals surface area (Å²) in [5.74, 6) is 0. The van der Waals surface area contributed by atoms with E-state index in [0.29, 0.717) is 12.1 Å². The van der Waals surface area contributed by atoms with Crippen molar-refractivity contribution in [3.63, 3.8) is 0 Å². The topological polar surface area (TPSA) is 43.7 Å². The van der Waals surface area contributed by atoms with Gasteiger partial charge in [-0.2, -0.15) is 0 Å². The first-order valence-corrected chi connectivity index (χ1v) is 8.01. The zero-order chi connectivity index (χ0) is 17.1. The Morgan fingerprint density at radius 1 is 0.870 bits per heavy atom. The minimum atomic E-state index is -0.773. The summed E-state index contributed by atoms with van der Waals surface area (Å²) in [5, 5.41) is 21.6. The normalized spacial score (nSPS) is 14.3. The molecule has 0 saturated carbocycles. The highest BCUT2D eigenvalue weighted by Gasteiger charge is 2.31. The molecule has 0 fully saturated rings. The van der Waals surface area contributed by atoms with Crippen molar-refractivity contribution in [1.29, 1.82) is 0 Å². The van der Waals surface area contributed by atoms with Crippen molar-refractivity contribution < 1.29 is 10.3 Å². The van der Waals surface area contributed by atoms with Crippen molar-refractivity contribution in [1.82, 2.24) is 0 Å². The molecule has 3 nitrogen and oxygen atoms in total. The van der Waals surface area contributed by atoms with E-state index in [1.54, 1.807) is 0 Å². The standard InChI is InChI=1S/C20H27NO2/c1-19(2,3)17-12-10-16(11-13-17)14-20(4,15-22)21(23)18-8-6-5-7-9-18/h5-13,22-23H,14-15H2,1-4H3. The second kappa shape index (κ2) is 6.73. The molecule has 23 heavy (non-hydrogen) atoms. The quantitative estimate of drug-likeness (QED) is 0.814. The van der Waals surface area contributed by atoms with Crippen LogP contribution in [0.1, 0.15) is 38.8 Å². The molecule has 0 aliphatic heterocycles. The Balaban J connectivity index is 2.21. The molecule has 0 spiro atoms. The highest BCUT2D eigenvalue weighted by Crippen LogP contribution is 2.27. The zero-order valence-electron chi connectivity index (χ0n) is 14.5. The molecule has 1 unspecified atom stereocenters. The Labute approximate surface area is 139 Å². The second-order valence-corrected chi connectivity index (χ2v) is 7.43. The van der Waals surface area contributed by atoms with E-state index in [1.807, 2.05) is 37.3 Å². The Bertz CT molecular complexity index is 616. The molecule has 0 aliphatic carbocycles. The maximum Gasteiger partial charge on any atom is 0.0913 e. The van der Waals surface area contributed by atoms with E-state index in [2.05, 4.69) is 45.0 Å². The van der Waals surface area contributed by atoms with Gasteiger partial charge >= 0.3 is 0 Å². The fraction of sp³-hybridized carbons (Fsp3) is 0.400. The lowest BCUT2D eigenvalue weighted by atomic mass is 9.85. The van der Waals surface area contributed by atoms with E-state index in [1.165, 1.54) is 10.6 Å². The minimum absolute atomic E-state index is 0.117. The minimum Gasteiger partial charge on any atom is -0.394 e. The van der Waals surface area contributed by atoms with Crippen LogP contribution in [0.4, 0.5) is 5.69 Å². The molecule has 0 bridgehead atoms. The van der Waals surface area contributed by atoms with E-state index in [0.717, 1.165) is 5.56 Å². The molecule has 0 aromatic heterocycles. The summed E-state index contributed by atoms with van der Waals surface area (Å²) < 4.78 is 0. The molecule has 3 heteroatoms. The summed E-state index contributed by atoms with van der Waals surface area (Å²) in [6.45, 7) is 8.28. The third-order valence-corrected chi connectivity index (χ3v) is 4.26. The van der Waals surface area contributed by atoms with Crippen molar-refractivity contribution in [3.05, 3.63) is 65.7 Å². The van der Waals surface area contributed by atoms with Gasteiger partial charge in [-0.05, 0) is 35.6 Å². The average molecular weight is 313 g/mol. The molecule has 2 aromatic rings. The Kier molecular flexibility index (Phi) is 5.12. The van der Waals surface area contributed by atoms with Crippen molar-refractivity contribution in [2.45, 2.75) is 45.1 Å². The van der Waals surface area contributed by atoms with Crippen molar-refractivity contribution in [3.8, 4) is 0 Å². The summed E-state index contributed by atoms with van der Waals surface area (Å²) in [5.41, 5.74) is 2.38. The number of benzene rings is 2. The number of nitrogens with zero attached hydrogens (tertiary/aromatic N) is 1. The third-order valence-electron chi connectivity index (χ3n) is 4.26. The lowest BCUT2D eigenvalue weighted by Gasteiger charge is -2.37. The molecule has 124 valence electrons. The van der Waals surface area contributed by atoms with E-state index >= 15 is 0 Å². The van der Waals surface area contributed by atoms with Gasteiger partial charge in [-0.15, -0.1) is 0 Å². The van der Waals surface area contributed by atoms with Gasteiger partial charge in [0, 0.05) is 6.42 Å². The SMILES string of the molecule is CC(C)(C)c1ccc(CC(C)(CO)N(O)c2ccccc2)cc1. The van der Waals surface area contributed by atoms with Crippen LogP contribution in [-0.4, -0.2) is 22.5 Å². The van der Waals surface area contributed by atoms with Crippen molar-refractivity contribution in [2.75, 3.05) is 11.7 Å². The van der Waals surface area contributed by atoms with E-state index in [9.17, 15) is 10.3 Å². The maximum absolute atomic E-state index is 10.6. The number of para-hydroxylation sites is 1. The zero-order valence-corrected chi connectivity index (χ0v) is 14.5. The van der Waals surface area contributed by atoms with Crippen LogP contribution in [0.25, 0.3) is 0 Å². The second-order valence-electron chi connectivity index (χ2n) is 7.43. The fourth-order valence-corrected chi connectivity index (χ4v) is 2.64. The van der Waals surface area contributed by atoms with Crippen LogP contribution in [0.3, 0.4) is 0 Å². The third kappa shape index (κ3) is 4.12. The monoisotopic (exact) mass is 313 g/mol. The molecule has 2 N–H and O–H groups in total. The molecule has 0 amide bonds. The van der Waals surface area contributed by atoms with E-state index in [4.69, 9.17) is 0 Å². The average Bonchev–Trinajstić information content (AvgIpc) is 2.54. The number of rotatable bonds is 5. The summed E-state index contributed by atoms with van der Waals surface area (Å²) in [6, 6.07) is 17.7. The van der Waals surface area contributed by atoms with Gasteiger partial charge in [0.2, 0.25) is 0 Å². The molecular weight excluding hydrogens is 286 g/mol. The molecule has 2 aromatic carbocycles. The van der Waals surface area contributed by atoms with E-state index in [-0.39, 0.29) is 12.0 Å². The van der Waals surface area contributed by atoms with Gasteiger partial charge in [0.15, 0.2) is 0 Å². The molecule has 0 radical (unpaired) electrons. The van der Waals surface area contributed by atoms with Gasteiger partial charge in [-0.25, -0.2) is 5.06 Å². The molecule has 2 rings (SSSR count). The molecule has 0 heterocycles. The number of aliphatic hydroxyl groups is 1. The van der Waals surface area contributed by atoms with Crippen molar-refractivity contribution >= 4 is 5.69 Å². The number of hydrogen-bond donors (Lipinski definition) is 2. The number of hydroxylamine groups is 1. The lowest BCUT2D eigenvalue weighted by Crippen LogP contribution is -2.49. The summed E-state index contributed by atoms with van der Waals surface area (Å²) in [6.07, 6.45) is 0.555. The van der Waals surface area contributed by atoms with Gasteiger partial charge in [0.05, 0.1) is 17.8 Å². The fourth-order valence-electron chi connectivity index (χ4n) is 2.64. The van der Waals surface area contributed by atoms with E-state index < -0.39 is 5.54 Å². The molecule has 0 aliphatic rings. The Morgan fingerprint density at radius 3 is 1.91 bits per heavy atom. The molecule has 1 atom stereocenters. The highest BCUT2D eigenvalue weighted by atomic mass is 16.5. The Hall–Kier alpha value is -1.84. The van der Waals surface area contributed by atoms with Crippen LogP contribution in [0, 0.1) is 0 Å².